The summed E-state index contributed by atoms with van der Waals surface area (Å²) >= 11 is 0. The maximum absolute atomic E-state index is 13.3. The van der Waals surface area contributed by atoms with E-state index in [0.717, 1.165) is 19.6 Å². The average Bonchev–Trinajstić information content (AvgIpc) is 2.33. The average molecular weight is 237 g/mol. The van der Waals surface area contributed by atoms with Gasteiger partial charge in [0.15, 0.2) is 0 Å². The molecule has 0 aliphatic rings. The van der Waals surface area contributed by atoms with E-state index < -0.39 is 0 Å². The molecule has 1 rings (SSSR count). The number of rotatable bonds is 7. The molecule has 1 aromatic carbocycles. The number of carbonyl (C=O) groups excluding carboxylic acids is 1. The Bertz CT molecular complexity index is 361. The molecule has 0 saturated carbocycles. The fraction of sp³-hybridized carbons (Fsp3) is 0.500. The van der Waals surface area contributed by atoms with Gasteiger partial charge in [0.25, 0.3) is 0 Å². The van der Waals surface area contributed by atoms with Gasteiger partial charge in [-0.2, -0.15) is 0 Å². The third kappa shape index (κ3) is 4.65. The number of Topliss-reactive ketones (excluding diaryl/α,β-unsaturated/α-hetero) is 1. The smallest absolute Gasteiger partial charge is 0.138 e. The standard InChI is InChI=1S/C14H20FNO/c1-3-16(4-2)10-9-13(17)11-12-7-5-6-8-14(12)15/h5-8H,3-4,9-11H2,1-2H3. The normalized spacial score (nSPS) is 10.8. The van der Waals surface area contributed by atoms with Gasteiger partial charge in [-0.05, 0) is 24.7 Å². The van der Waals surface area contributed by atoms with Crippen molar-refractivity contribution >= 4 is 5.78 Å². The third-order valence-electron chi connectivity index (χ3n) is 2.95. The molecule has 1 aromatic rings. The molecule has 0 N–H and O–H groups in total. The van der Waals surface area contributed by atoms with E-state index in [1.165, 1.54) is 6.07 Å². The molecule has 0 fully saturated rings. The number of halogens is 1. The Kier molecular flexibility index (Phi) is 5.84. The summed E-state index contributed by atoms with van der Waals surface area (Å²) in [5, 5.41) is 0. The lowest BCUT2D eigenvalue weighted by Crippen LogP contribution is -2.26. The van der Waals surface area contributed by atoms with E-state index in [9.17, 15) is 9.18 Å². The van der Waals surface area contributed by atoms with Crippen LogP contribution in [0.3, 0.4) is 0 Å². The summed E-state index contributed by atoms with van der Waals surface area (Å²) in [6.07, 6.45) is 0.698. The zero-order valence-corrected chi connectivity index (χ0v) is 10.6. The first-order valence-corrected chi connectivity index (χ1v) is 6.14. The van der Waals surface area contributed by atoms with Crippen LogP contribution in [0.2, 0.25) is 0 Å². The molecule has 0 aromatic heterocycles. The summed E-state index contributed by atoms with van der Waals surface area (Å²) in [6, 6.07) is 6.47. The predicted octanol–water partition coefficient (Wildman–Crippen LogP) is 2.67. The summed E-state index contributed by atoms with van der Waals surface area (Å²) in [7, 11) is 0. The first kappa shape index (κ1) is 13.8. The molecule has 0 aliphatic carbocycles. The van der Waals surface area contributed by atoms with Gasteiger partial charge in [-0.25, -0.2) is 4.39 Å². The molecule has 17 heavy (non-hydrogen) atoms. The number of carbonyl (C=O) groups is 1. The molecule has 0 unspecified atom stereocenters. The maximum Gasteiger partial charge on any atom is 0.138 e. The fourth-order valence-electron chi connectivity index (χ4n) is 1.77. The van der Waals surface area contributed by atoms with Crippen molar-refractivity contribution in [2.75, 3.05) is 19.6 Å². The molecule has 0 atom stereocenters. The minimum Gasteiger partial charge on any atom is -0.303 e. The van der Waals surface area contributed by atoms with Crippen molar-refractivity contribution in [1.29, 1.82) is 0 Å². The second kappa shape index (κ2) is 7.17. The van der Waals surface area contributed by atoms with E-state index in [2.05, 4.69) is 18.7 Å². The lowest BCUT2D eigenvalue weighted by Gasteiger charge is -2.17. The summed E-state index contributed by atoms with van der Waals surface area (Å²) in [6.45, 7) is 6.81. The van der Waals surface area contributed by atoms with Crippen LogP contribution >= 0.6 is 0 Å². The number of ketones is 1. The molecule has 0 saturated heterocycles. The molecule has 94 valence electrons. The number of hydrogen-bond donors (Lipinski definition) is 0. The van der Waals surface area contributed by atoms with Gasteiger partial charge in [0.1, 0.15) is 11.6 Å². The SMILES string of the molecule is CCN(CC)CCC(=O)Cc1ccccc1F. The zero-order chi connectivity index (χ0) is 12.7. The molecule has 0 heterocycles. The summed E-state index contributed by atoms with van der Waals surface area (Å²) in [5.74, 6) is -0.189. The van der Waals surface area contributed by atoms with Crippen LogP contribution in [0.1, 0.15) is 25.8 Å². The Morgan fingerprint density at radius 3 is 2.47 bits per heavy atom. The quantitative estimate of drug-likeness (QED) is 0.726. The minimum absolute atomic E-state index is 0.0991. The van der Waals surface area contributed by atoms with Gasteiger partial charge >= 0.3 is 0 Å². The molecular formula is C14H20FNO. The monoisotopic (exact) mass is 237 g/mol. The first-order valence-electron chi connectivity index (χ1n) is 6.14. The lowest BCUT2D eigenvalue weighted by molar-refractivity contribution is -0.118. The minimum atomic E-state index is -0.288. The van der Waals surface area contributed by atoms with Crippen molar-refractivity contribution in [3.63, 3.8) is 0 Å². The van der Waals surface area contributed by atoms with E-state index in [-0.39, 0.29) is 18.0 Å². The van der Waals surface area contributed by atoms with Crippen molar-refractivity contribution < 1.29 is 9.18 Å². The molecule has 0 radical (unpaired) electrons. The van der Waals surface area contributed by atoms with Crippen molar-refractivity contribution in [1.82, 2.24) is 4.90 Å². The maximum atomic E-state index is 13.3. The topological polar surface area (TPSA) is 20.3 Å². The van der Waals surface area contributed by atoms with Crippen molar-refractivity contribution in [2.24, 2.45) is 0 Å². The number of hydrogen-bond acceptors (Lipinski definition) is 2. The van der Waals surface area contributed by atoms with Crippen LogP contribution in [-0.2, 0) is 11.2 Å². The Morgan fingerprint density at radius 2 is 1.88 bits per heavy atom. The highest BCUT2D eigenvalue weighted by molar-refractivity contribution is 5.81. The van der Waals surface area contributed by atoms with Gasteiger partial charge in [-0.15, -0.1) is 0 Å². The van der Waals surface area contributed by atoms with E-state index in [4.69, 9.17) is 0 Å². The van der Waals surface area contributed by atoms with Gasteiger partial charge in [-0.3, -0.25) is 4.79 Å². The number of nitrogens with zero attached hydrogens (tertiary/aromatic N) is 1. The Hall–Kier alpha value is -1.22. The van der Waals surface area contributed by atoms with Crippen molar-refractivity contribution in [3.8, 4) is 0 Å². The van der Waals surface area contributed by atoms with Gasteiger partial charge in [-0.1, -0.05) is 32.0 Å². The summed E-state index contributed by atoms with van der Waals surface area (Å²) < 4.78 is 13.3. The van der Waals surface area contributed by atoms with E-state index in [1.807, 2.05) is 0 Å². The second-order valence-electron chi connectivity index (χ2n) is 4.08. The predicted molar refractivity (Wildman–Crippen MR) is 67.5 cm³/mol. The van der Waals surface area contributed by atoms with Crippen LogP contribution < -0.4 is 0 Å². The highest BCUT2D eigenvalue weighted by Gasteiger charge is 2.09. The molecule has 0 spiro atoms. The summed E-state index contributed by atoms with van der Waals surface area (Å²) in [4.78, 5) is 13.9. The molecule has 3 heteroatoms. The molecule has 0 aliphatic heterocycles. The second-order valence-corrected chi connectivity index (χ2v) is 4.08. The Morgan fingerprint density at radius 1 is 1.24 bits per heavy atom. The largest absolute Gasteiger partial charge is 0.303 e. The van der Waals surface area contributed by atoms with Crippen LogP contribution in [0.25, 0.3) is 0 Å². The molecular weight excluding hydrogens is 217 g/mol. The van der Waals surface area contributed by atoms with Crippen LogP contribution in [0.4, 0.5) is 4.39 Å². The van der Waals surface area contributed by atoms with Crippen molar-refractivity contribution in [2.45, 2.75) is 26.7 Å². The molecule has 0 bridgehead atoms. The highest BCUT2D eigenvalue weighted by Crippen LogP contribution is 2.08. The van der Waals surface area contributed by atoms with Crippen LogP contribution in [0.15, 0.2) is 24.3 Å². The van der Waals surface area contributed by atoms with Gasteiger partial charge < -0.3 is 4.90 Å². The van der Waals surface area contributed by atoms with Gasteiger partial charge in [0, 0.05) is 19.4 Å². The molecule has 2 nitrogen and oxygen atoms in total. The third-order valence-corrected chi connectivity index (χ3v) is 2.95. The first-order chi connectivity index (χ1) is 8.17. The zero-order valence-electron chi connectivity index (χ0n) is 10.6. The lowest BCUT2D eigenvalue weighted by atomic mass is 10.1. The number of benzene rings is 1. The van der Waals surface area contributed by atoms with Crippen LogP contribution in [0.5, 0.6) is 0 Å². The van der Waals surface area contributed by atoms with Gasteiger partial charge in [0.2, 0.25) is 0 Å². The summed E-state index contributed by atoms with van der Waals surface area (Å²) in [5.41, 5.74) is 0.497. The van der Waals surface area contributed by atoms with E-state index >= 15 is 0 Å². The Labute approximate surface area is 102 Å². The van der Waals surface area contributed by atoms with Crippen molar-refractivity contribution in [3.05, 3.63) is 35.6 Å². The molecule has 0 amide bonds. The highest BCUT2D eigenvalue weighted by atomic mass is 19.1. The van der Waals surface area contributed by atoms with E-state index in [1.54, 1.807) is 18.2 Å². The van der Waals surface area contributed by atoms with Crippen LogP contribution in [-0.4, -0.2) is 30.3 Å². The Balaban J connectivity index is 2.42. The van der Waals surface area contributed by atoms with Gasteiger partial charge in [0.05, 0.1) is 0 Å². The van der Waals surface area contributed by atoms with E-state index in [0.29, 0.717) is 12.0 Å². The van der Waals surface area contributed by atoms with Crippen LogP contribution in [0, 0.1) is 5.82 Å². The fourth-order valence-corrected chi connectivity index (χ4v) is 1.77.